The van der Waals surface area contributed by atoms with E-state index in [0.717, 1.165) is 38.1 Å². The molecule has 0 saturated carbocycles. The first kappa shape index (κ1) is 12.1. The first-order valence-electron chi connectivity index (χ1n) is 6.57. The normalized spacial score (nSPS) is 21.0. The zero-order chi connectivity index (χ0) is 12.2. The van der Waals surface area contributed by atoms with Crippen molar-refractivity contribution in [3.63, 3.8) is 0 Å². The molecule has 96 valence electrons. The highest BCUT2D eigenvalue weighted by molar-refractivity contribution is 7.18. The number of para-hydroxylation sites is 1. The molecule has 18 heavy (non-hydrogen) atoms. The van der Waals surface area contributed by atoms with E-state index in [0.29, 0.717) is 6.04 Å². The number of aromatic nitrogens is 1. The maximum atomic E-state index is 5.47. The van der Waals surface area contributed by atoms with Gasteiger partial charge in [0.15, 0.2) is 0 Å². The summed E-state index contributed by atoms with van der Waals surface area (Å²) in [5.41, 5.74) is 1.11. The SMILES string of the molecule is c1ccc2sc(CNC3CCCOCC3)nc2c1. The predicted molar refractivity (Wildman–Crippen MR) is 74.9 cm³/mol. The van der Waals surface area contributed by atoms with Crippen molar-refractivity contribution in [3.8, 4) is 0 Å². The third kappa shape index (κ3) is 2.88. The molecule has 1 aromatic carbocycles. The molecule has 0 spiro atoms. The first-order valence-corrected chi connectivity index (χ1v) is 7.39. The van der Waals surface area contributed by atoms with Gasteiger partial charge in [0.2, 0.25) is 0 Å². The van der Waals surface area contributed by atoms with Crippen LogP contribution in [0.1, 0.15) is 24.3 Å². The Morgan fingerprint density at radius 2 is 2.22 bits per heavy atom. The number of hydrogen-bond donors (Lipinski definition) is 1. The number of fused-ring (bicyclic) bond motifs is 1. The molecule has 1 fully saturated rings. The summed E-state index contributed by atoms with van der Waals surface area (Å²) in [6.45, 7) is 2.68. The van der Waals surface area contributed by atoms with E-state index in [1.807, 2.05) is 6.07 Å². The molecule has 4 heteroatoms. The number of benzene rings is 1. The fraction of sp³-hybridized carbons (Fsp3) is 0.500. The second kappa shape index (κ2) is 5.78. The van der Waals surface area contributed by atoms with E-state index >= 15 is 0 Å². The van der Waals surface area contributed by atoms with Crippen molar-refractivity contribution < 1.29 is 4.74 Å². The van der Waals surface area contributed by atoms with Crippen molar-refractivity contribution in [1.82, 2.24) is 10.3 Å². The van der Waals surface area contributed by atoms with Crippen LogP contribution in [0.25, 0.3) is 10.2 Å². The molecule has 0 radical (unpaired) electrons. The van der Waals surface area contributed by atoms with E-state index in [2.05, 4.69) is 28.5 Å². The van der Waals surface area contributed by atoms with Gasteiger partial charge in [0.25, 0.3) is 0 Å². The van der Waals surface area contributed by atoms with Crippen LogP contribution in [0.2, 0.25) is 0 Å². The molecule has 1 saturated heterocycles. The molecule has 0 aliphatic carbocycles. The second-order valence-corrected chi connectivity index (χ2v) is 5.81. The topological polar surface area (TPSA) is 34.1 Å². The smallest absolute Gasteiger partial charge is 0.108 e. The zero-order valence-corrected chi connectivity index (χ0v) is 11.2. The molecule has 3 rings (SSSR count). The van der Waals surface area contributed by atoms with Gasteiger partial charge in [-0.05, 0) is 31.4 Å². The van der Waals surface area contributed by atoms with Crippen molar-refractivity contribution in [2.45, 2.75) is 31.8 Å². The van der Waals surface area contributed by atoms with Gasteiger partial charge in [-0.25, -0.2) is 4.98 Å². The zero-order valence-electron chi connectivity index (χ0n) is 10.4. The monoisotopic (exact) mass is 262 g/mol. The Kier molecular flexibility index (Phi) is 3.88. The Balaban J connectivity index is 1.61. The minimum atomic E-state index is 0.583. The summed E-state index contributed by atoms with van der Waals surface area (Å²) in [6, 6.07) is 8.91. The van der Waals surface area contributed by atoms with E-state index in [1.165, 1.54) is 16.1 Å². The molecular formula is C14H18N2OS. The lowest BCUT2D eigenvalue weighted by Crippen LogP contribution is -2.28. The molecule has 3 nitrogen and oxygen atoms in total. The first-order chi connectivity index (χ1) is 8.92. The number of ether oxygens (including phenoxy) is 1. The van der Waals surface area contributed by atoms with Gasteiger partial charge in [-0.1, -0.05) is 12.1 Å². The Morgan fingerprint density at radius 3 is 3.17 bits per heavy atom. The van der Waals surface area contributed by atoms with Gasteiger partial charge in [0.1, 0.15) is 5.01 Å². The minimum absolute atomic E-state index is 0.583. The maximum Gasteiger partial charge on any atom is 0.108 e. The average molecular weight is 262 g/mol. The van der Waals surface area contributed by atoms with Crippen LogP contribution in [0, 0.1) is 0 Å². The predicted octanol–water partition coefficient (Wildman–Crippen LogP) is 2.96. The van der Waals surface area contributed by atoms with Gasteiger partial charge in [-0.3, -0.25) is 0 Å². The summed E-state index contributed by atoms with van der Waals surface area (Å²) in [4.78, 5) is 4.65. The fourth-order valence-electron chi connectivity index (χ4n) is 2.34. The molecule has 1 N–H and O–H groups in total. The minimum Gasteiger partial charge on any atom is -0.381 e. The van der Waals surface area contributed by atoms with Crippen molar-refractivity contribution in [1.29, 1.82) is 0 Å². The molecule has 0 bridgehead atoms. The summed E-state index contributed by atoms with van der Waals surface area (Å²) in [5.74, 6) is 0. The molecule has 0 amide bonds. The number of nitrogens with one attached hydrogen (secondary N) is 1. The Labute approximate surface area is 111 Å². The third-order valence-corrected chi connectivity index (χ3v) is 4.37. The Hall–Kier alpha value is -0.970. The summed E-state index contributed by atoms with van der Waals surface area (Å²) in [7, 11) is 0. The summed E-state index contributed by atoms with van der Waals surface area (Å²) in [5, 5.41) is 4.79. The Morgan fingerprint density at radius 1 is 1.28 bits per heavy atom. The lowest BCUT2D eigenvalue weighted by molar-refractivity contribution is 0.142. The number of thiazole rings is 1. The molecule has 1 aliphatic rings. The van der Waals surface area contributed by atoms with Gasteiger partial charge in [-0.15, -0.1) is 11.3 Å². The second-order valence-electron chi connectivity index (χ2n) is 4.70. The van der Waals surface area contributed by atoms with Crippen LogP contribution in [0.15, 0.2) is 24.3 Å². The van der Waals surface area contributed by atoms with Crippen LogP contribution in [0.4, 0.5) is 0 Å². The van der Waals surface area contributed by atoms with Crippen molar-refractivity contribution in [2.24, 2.45) is 0 Å². The van der Waals surface area contributed by atoms with Gasteiger partial charge in [0, 0.05) is 25.8 Å². The molecule has 2 heterocycles. The number of nitrogens with zero attached hydrogens (tertiary/aromatic N) is 1. The van der Waals surface area contributed by atoms with Crippen molar-refractivity contribution >= 4 is 21.6 Å². The van der Waals surface area contributed by atoms with Gasteiger partial charge < -0.3 is 10.1 Å². The van der Waals surface area contributed by atoms with Crippen LogP contribution in [-0.2, 0) is 11.3 Å². The van der Waals surface area contributed by atoms with Gasteiger partial charge in [0.05, 0.1) is 10.2 Å². The summed E-state index contributed by atoms with van der Waals surface area (Å²) < 4.78 is 6.75. The lowest BCUT2D eigenvalue weighted by Gasteiger charge is -2.14. The van der Waals surface area contributed by atoms with E-state index in [1.54, 1.807) is 11.3 Å². The van der Waals surface area contributed by atoms with Crippen LogP contribution >= 0.6 is 11.3 Å². The number of rotatable bonds is 3. The van der Waals surface area contributed by atoms with E-state index in [9.17, 15) is 0 Å². The van der Waals surface area contributed by atoms with Crippen LogP contribution < -0.4 is 5.32 Å². The van der Waals surface area contributed by atoms with Crippen LogP contribution in [-0.4, -0.2) is 24.2 Å². The highest BCUT2D eigenvalue weighted by Crippen LogP contribution is 2.21. The average Bonchev–Trinajstić information content (AvgIpc) is 2.63. The standard InChI is InChI=1S/C14H18N2OS/c1-2-6-13-12(5-1)16-14(18-13)10-15-11-4-3-8-17-9-7-11/h1-2,5-6,11,15H,3-4,7-10H2. The fourth-order valence-corrected chi connectivity index (χ4v) is 3.25. The molecule has 1 atom stereocenters. The Bertz CT molecular complexity index is 470. The van der Waals surface area contributed by atoms with Crippen LogP contribution in [0.3, 0.4) is 0 Å². The van der Waals surface area contributed by atoms with E-state index < -0.39 is 0 Å². The van der Waals surface area contributed by atoms with E-state index in [-0.39, 0.29) is 0 Å². The molecular weight excluding hydrogens is 244 g/mol. The molecule has 1 aliphatic heterocycles. The highest BCUT2D eigenvalue weighted by atomic mass is 32.1. The quantitative estimate of drug-likeness (QED) is 0.923. The lowest BCUT2D eigenvalue weighted by atomic mass is 10.1. The number of hydrogen-bond acceptors (Lipinski definition) is 4. The van der Waals surface area contributed by atoms with Gasteiger partial charge >= 0.3 is 0 Å². The summed E-state index contributed by atoms with van der Waals surface area (Å²) in [6.07, 6.45) is 3.49. The molecule has 2 aromatic rings. The molecule has 1 aromatic heterocycles. The van der Waals surface area contributed by atoms with Crippen molar-refractivity contribution in [2.75, 3.05) is 13.2 Å². The van der Waals surface area contributed by atoms with Gasteiger partial charge in [-0.2, -0.15) is 0 Å². The molecule has 1 unspecified atom stereocenters. The van der Waals surface area contributed by atoms with Crippen molar-refractivity contribution in [3.05, 3.63) is 29.3 Å². The highest BCUT2D eigenvalue weighted by Gasteiger charge is 2.12. The maximum absolute atomic E-state index is 5.47. The third-order valence-electron chi connectivity index (χ3n) is 3.33. The summed E-state index contributed by atoms with van der Waals surface area (Å²) >= 11 is 1.79. The largest absolute Gasteiger partial charge is 0.381 e. The van der Waals surface area contributed by atoms with Crippen LogP contribution in [0.5, 0.6) is 0 Å². The van der Waals surface area contributed by atoms with E-state index in [4.69, 9.17) is 4.74 Å².